The lowest BCUT2D eigenvalue weighted by molar-refractivity contribution is 0.0935. The molecule has 4 nitrogen and oxygen atoms in total. The zero-order valence-corrected chi connectivity index (χ0v) is 12.7. The Kier molecular flexibility index (Phi) is 4.99. The zero-order chi connectivity index (χ0) is 16.1. The van der Waals surface area contributed by atoms with Crippen molar-refractivity contribution >= 4 is 5.91 Å². The number of amides is 1. The molecule has 0 aliphatic rings. The average Bonchev–Trinajstić information content (AvgIpc) is 2.54. The van der Waals surface area contributed by atoms with Crippen molar-refractivity contribution in [3.8, 4) is 11.5 Å². The number of benzene rings is 2. The van der Waals surface area contributed by atoms with Gasteiger partial charge in [0.15, 0.2) is 0 Å². The molecule has 116 valence electrons. The molecule has 0 unspecified atom stereocenters. The number of carbonyl (C=O) groups excluding carboxylic acids is 1. The fraction of sp³-hybridized carbons (Fsp3) is 0.235. The molecule has 2 aromatic carbocycles. The fourth-order valence-corrected chi connectivity index (χ4v) is 2.18. The van der Waals surface area contributed by atoms with E-state index in [4.69, 9.17) is 9.47 Å². The first-order chi connectivity index (χ1) is 10.6. The molecule has 22 heavy (non-hydrogen) atoms. The normalized spacial score (nSPS) is 11.6. The molecule has 2 aromatic rings. The molecule has 0 spiro atoms. The maximum atomic E-state index is 13.7. The van der Waals surface area contributed by atoms with Crippen LogP contribution >= 0.6 is 0 Å². The highest BCUT2D eigenvalue weighted by Gasteiger charge is 2.18. The van der Waals surface area contributed by atoms with E-state index in [0.717, 1.165) is 5.56 Å². The lowest BCUT2D eigenvalue weighted by Gasteiger charge is -2.18. The van der Waals surface area contributed by atoms with Gasteiger partial charge < -0.3 is 14.8 Å². The predicted molar refractivity (Wildman–Crippen MR) is 81.8 cm³/mol. The van der Waals surface area contributed by atoms with E-state index >= 15 is 0 Å². The molecule has 0 fully saturated rings. The lowest BCUT2D eigenvalue weighted by atomic mass is 10.1. The van der Waals surface area contributed by atoms with Crippen molar-refractivity contribution in [2.45, 2.75) is 13.0 Å². The summed E-state index contributed by atoms with van der Waals surface area (Å²) in [6.07, 6.45) is 0. The highest BCUT2D eigenvalue weighted by molar-refractivity contribution is 5.94. The number of carbonyl (C=O) groups is 1. The highest BCUT2D eigenvalue weighted by atomic mass is 19.1. The van der Waals surface area contributed by atoms with Crippen LogP contribution in [0.4, 0.5) is 4.39 Å². The Morgan fingerprint density at radius 1 is 1.14 bits per heavy atom. The maximum Gasteiger partial charge on any atom is 0.254 e. The second kappa shape index (κ2) is 6.93. The van der Waals surface area contributed by atoms with Gasteiger partial charge in [-0.05, 0) is 37.3 Å². The Labute approximate surface area is 128 Å². The summed E-state index contributed by atoms with van der Waals surface area (Å²) in [5, 5.41) is 2.76. The monoisotopic (exact) mass is 303 g/mol. The molecule has 1 amide bonds. The highest BCUT2D eigenvalue weighted by Crippen LogP contribution is 2.29. The van der Waals surface area contributed by atoms with Crippen molar-refractivity contribution in [1.29, 1.82) is 0 Å². The van der Waals surface area contributed by atoms with Gasteiger partial charge in [-0.15, -0.1) is 0 Å². The van der Waals surface area contributed by atoms with Gasteiger partial charge in [0.05, 0.1) is 25.8 Å². The molecule has 0 heterocycles. The molecular formula is C17H18FNO3. The summed E-state index contributed by atoms with van der Waals surface area (Å²) in [6.45, 7) is 1.80. The van der Waals surface area contributed by atoms with Crippen molar-refractivity contribution in [2.24, 2.45) is 0 Å². The Bertz CT molecular complexity index is 673. The van der Waals surface area contributed by atoms with Gasteiger partial charge in [0.1, 0.15) is 17.3 Å². The van der Waals surface area contributed by atoms with E-state index in [2.05, 4.69) is 5.32 Å². The predicted octanol–water partition coefficient (Wildman–Crippen LogP) is 3.33. The van der Waals surface area contributed by atoms with E-state index in [1.54, 1.807) is 51.5 Å². The number of nitrogens with one attached hydrogen (secondary N) is 1. The van der Waals surface area contributed by atoms with Gasteiger partial charge in [-0.1, -0.05) is 12.1 Å². The van der Waals surface area contributed by atoms with Crippen LogP contribution in [0.1, 0.15) is 28.9 Å². The van der Waals surface area contributed by atoms with Crippen LogP contribution in [0.2, 0.25) is 0 Å². The molecule has 0 aliphatic heterocycles. The molecule has 0 bridgehead atoms. The van der Waals surface area contributed by atoms with E-state index in [1.165, 1.54) is 12.1 Å². The molecule has 0 saturated heterocycles. The van der Waals surface area contributed by atoms with Crippen LogP contribution in [-0.4, -0.2) is 20.1 Å². The summed E-state index contributed by atoms with van der Waals surface area (Å²) in [5.74, 6) is 0.255. The first-order valence-electron chi connectivity index (χ1n) is 6.84. The molecule has 1 N–H and O–H groups in total. The van der Waals surface area contributed by atoms with Crippen LogP contribution in [0.25, 0.3) is 0 Å². The van der Waals surface area contributed by atoms with Crippen LogP contribution in [0, 0.1) is 5.82 Å². The van der Waals surface area contributed by atoms with Crippen LogP contribution < -0.4 is 14.8 Å². The van der Waals surface area contributed by atoms with E-state index in [9.17, 15) is 9.18 Å². The van der Waals surface area contributed by atoms with Crippen molar-refractivity contribution in [3.05, 3.63) is 59.4 Å². The van der Waals surface area contributed by atoms with Gasteiger partial charge in [-0.25, -0.2) is 4.39 Å². The molecule has 0 aromatic heterocycles. The van der Waals surface area contributed by atoms with E-state index in [1.807, 2.05) is 0 Å². The number of hydrogen-bond donors (Lipinski definition) is 1. The van der Waals surface area contributed by atoms with E-state index in [-0.39, 0.29) is 11.6 Å². The van der Waals surface area contributed by atoms with Crippen molar-refractivity contribution in [2.75, 3.05) is 14.2 Å². The summed E-state index contributed by atoms with van der Waals surface area (Å²) in [5.41, 5.74) is 0.766. The smallest absolute Gasteiger partial charge is 0.254 e. The number of rotatable bonds is 5. The third-order valence-electron chi connectivity index (χ3n) is 3.37. The SMILES string of the molecule is COc1ccc(OC)c([C@H](C)NC(=O)c2ccccc2F)c1. The minimum Gasteiger partial charge on any atom is -0.497 e. The van der Waals surface area contributed by atoms with E-state index < -0.39 is 11.7 Å². The van der Waals surface area contributed by atoms with Crippen LogP contribution in [0.5, 0.6) is 11.5 Å². The van der Waals surface area contributed by atoms with Crippen LogP contribution in [0.15, 0.2) is 42.5 Å². The van der Waals surface area contributed by atoms with Crippen molar-refractivity contribution in [1.82, 2.24) is 5.32 Å². The largest absolute Gasteiger partial charge is 0.497 e. The zero-order valence-electron chi connectivity index (χ0n) is 12.7. The van der Waals surface area contributed by atoms with Crippen molar-refractivity contribution in [3.63, 3.8) is 0 Å². The molecular weight excluding hydrogens is 285 g/mol. The van der Waals surface area contributed by atoms with E-state index in [0.29, 0.717) is 11.5 Å². The number of ether oxygens (including phenoxy) is 2. The molecule has 2 rings (SSSR count). The first kappa shape index (κ1) is 15.8. The minimum atomic E-state index is -0.551. The number of halogens is 1. The molecule has 0 aliphatic carbocycles. The van der Waals surface area contributed by atoms with Gasteiger partial charge >= 0.3 is 0 Å². The average molecular weight is 303 g/mol. The fourth-order valence-electron chi connectivity index (χ4n) is 2.18. The second-order valence-electron chi connectivity index (χ2n) is 4.78. The number of methoxy groups -OCH3 is 2. The summed E-state index contributed by atoms with van der Waals surface area (Å²) in [7, 11) is 3.12. The summed E-state index contributed by atoms with van der Waals surface area (Å²) in [6, 6.07) is 10.8. The van der Waals surface area contributed by atoms with Gasteiger partial charge in [-0.2, -0.15) is 0 Å². The molecule has 5 heteroatoms. The lowest BCUT2D eigenvalue weighted by Crippen LogP contribution is -2.27. The topological polar surface area (TPSA) is 47.6 Å². The second-order valence-corrected chi connectivity index (χ2v) is 4.78. The molecule has 0 radical (unpaired) electrons. The van der Waals surface area contributed by atoms with Crippen LogP contribution in [-0.2, 0) is 0 Å². The van der Waals surface area contributed by atoms with Gasteiger partial charge in [0.25, 0.3) is 5.91 Å². The minimum absolute atomic E-state index is 0.0104. The summed E-state index contributed by atoms with van der Waals surface area (Å²) >= 11 is 0. The quantitative estimate of drug-likeness (QED) is 0.921. The molecule has 0 saturated carbocycles. The third-order valence-corrected chi connectivity index (χ3v) is 3.37. The number of hydrogen-bond acceptors (Lipinski definition) is 3. The molecule has 1 atom stereocenters. The van der Waals surface area contributed by atoms with Crippen molar-refractivity contribution < 1.29 is 18.7 Å². The Morgan fingerprint density at radius 3 is 2.50 bits per heavy atom. The van der Waals surface area contributed by atoms with Gasteiger partial charge in [0, 0.05) is 5.56 Å². The summed E-state index contributed by atoms with van der Waals surface area (Å²) < 4.78 is 24.1. The van der Waals surface area contributed by atoms with Gasteiger partial charge in [-0.3, -0.25) is 4.79 Å². The first-order valence-corrected chi connectivity index (χ1v) is 6.84. The Balaban J connectivity index is 2.23. The summed E-state index contributed by atoms with van der Waals surface area (Å²) in [4.78, 5) is 12.2. The standard InChI is InChI=1S/C17H18FNO3/c1-11(14-10-12(21-2)8-9-16(14)22-3)19-17(20)13-6-4-5-7-15(13)18/h4-11H,1-3H3,(H,19,20)/t11-/m0/s1. The van der Waals surface area contributed by atoms with Crippen LogP contribution in [0.3, 0.4) is 0 Å². The Morgan fingerprint density at radius 2 is 1.86 bits per heavy atom. The maximum absolute atomic E-state index is 13.7. The third kappa shape index (κ3) is 3.36. The Hall–Kier alpha value is -2.56. The van der Waals surface area contributed by atoms with Gasteiger partial charge in [0.2, 0.25) is 0 Å².